The predicted molar refractivity (Wildman–Crippen MR) is 101 cm³/mol. The number of anilines is 2. The van der Waals surface area contributed by atoms with Crippen molar-refractivity contribution in [2.24, 2.45) is 7.05 Å². The van der Waals surface area contributed by atoms with Crippen LogP contribution in [0.1, 0.15) is 12.1 Å². The van der Waals surface area contributed by atoms with Gasteiger partial charge >= 0.3 is 0 Å². The van der Waals surface area contributed by atoms with Crippen molar-refractivity contribution in [2.75, 3.05) is 23.9 Å². The average Bonchev–Trinajstić information content (AvgIpc) is 3.38. The maximum Gasteiger partial charge on any atom is 0.250 e. The van der Waals surface area contributed by atoms with Gasteiger partial charge in [0.05, 0.1) is 13.3 Å². The number of rotatable bonds is 5. The van der Waals surface area contributed by atoms with Crippen LogP contribution in [0.25, 0.3) is 11.1 Å². The van der Waals surface area contributed by atoms with Gasteiger partial charge in [0, 0.05) is 42.7 Å². The fourth-order valence-electron chi connectivity index (χ4n) is 3.21. The lowest BCUT2D eigenvalue weighted by molar-refractivity contribution is -0.117. The highest BCUT2D eigenvalue weighted by Gasteiger charge is 2.34. The number of methoxy groups -OCH3 is 1. The summed E-state index contributed by atoms with van der Waals surface area (Å²) in [6, 6.07) is 5.33. The molecule has 4 heterocycles. The summed E-state index contributed by atoms with van der Waals surface area (Å²) >= 11 is 0. The monoisotopic (exact) mass is 367 g/mol. The highest BCUT2D eigenvalue weighted by atomic mass is 16.5. The van der Waals surface area contributed by atoms with E-state index in [2.05, 4.69) is 25.6 Å². The van der Waals surface area contributed by atoms with Gasteiger partial charge in [-0.3, -0.25) is 19.5 Å². The lowest BCUT2D eigenvalue weighted by Crippen LogP contribution is -2.34. The Morgan fingerprint density at radius 3 is 2.89 bits per heavy atom. The number of carbonyl (C=O) groups excluding carboxylic acids is 1. The predicted octanol–water partition coefficient (Wildman–Crippen LogP) is 1.74. The minimum Gasteiger partial charge on any atom is -0.480 e. The Labute approximate surface area is 156 Å². The molecule has 3 aromatic heterocycles. The quantitative estimate of drug-likeness (QED) is 0.712. The standard InChI is InChI=1S/C18H21N7O2/c1-11-8-15(23-24(11)2)21-14-6-7-25(18(14)26)16-5-4-13(17(22-16)27-3)12-9-19-20-10-12/h4-5,8-10,14H,6-7H2,1-3H3,(H,19,20)(H,21,23). The van der Waals surface area contributed by atoms with E-state index in [9.17, 15) is 4.79 Å². The summed E-state index contributed by atoms with van der Waals surface area (Å²) in [5, 5.41) is 14.3. The largest absolute Gasteiger partial charge is 0.480 e. The lowest BCUT2D eigenvalue weighted by Gasteiger charge is -2.17. The first-order valence-corrected chi connectivity index (χ1v) is 8.69. The van der Waals surface area contributed by atoms with Crippen molar-refractivity contribution in [1.29, 1.82) is 0 Å². The fourth-order valence-corrected chi connectivity index (χ4v) is 3.21. The van der Waals surface area contributed by atoms with Gasteiger partial charge in [-0.2, -0.15) is 15.2 Å². The Morgan fingerprint density at radius 1 is 1.37 bits per heavy atom. The molecule has 1 aliphatic heterocycles. The first kappa shape index (κ1) is 17.1. The van der Waals surface area contributed by atoms with Gasteiger partial charge in [-0.05, 0) is 25.5 Å². The van der Waals surface area contributed by atoms with Crippen LogP contribution >= 0.6 is 0 Å². The Morgan fingerprint density at radius 2 is 2.22 bits per heavy atom. The van der Waals surface area contributed by atoms with Crippen molar-refractivity contribution >= 4 is 17.5 Å². The van der Waals surface area contributed by atoms with Crippen molar-refractivity contribution in [2.45, 2.75) is 19.4 Å². The molecule has 2 N–H and O–H groups in total. The van der Waals surface area contributed by atoms with Crippen molar-refractivity contribution in [1.82, 2.24) is 25.0 Å². The topological polar surface area (TPSA) is 101 Å². The van der Waals surface area contributed by atoms with Crippen molar-refractivity contribution in [3.63, 3.8) is 0 Å². The van der Waals surface area contributed by atoms with E-state index in [1.807, 2.05) is 32.2 Å². The number of nitrogens with zero attached hydrogens (tertiary/aromatic N) is 5. The molecule has 4 rings (SSSR count). The summed E-state index contributed by atoms with van der Waals surface area (Å²) < 4.78 is 7.20. The van der Waals surface area contributed by atoms with Crippen molar-refractivity contribution in [3.8, 4) is 17.0 Å². The zero-order chi connectivity index (χ0) is 19.0. The molecule has 0 saturated carbocycles. The Balaban J connectivity index is 1.54. The third-order valence-electron chi connectivity index (χ3n) is 4.77. The summed E-state index contributed by atoms with van der Waals surface area (Å²) in [5.74, 6) is 1.71. The minimum absolute atomic E-state index is 0.0241. The van der Waals surface area contributed by atoms with E-state index >= 15 is 0 Å². The van der Waals surface area contributed by atoms with Crippen LogP contribution in [0.4, 0.5) is 11.6 Å². The first-order chi connectivity index (χ1) is 13.1. The van der Waals surface area contributed by atoms with Crippen LogP contribution in [0.5, 0.6) is 5.88 Å². The maximum absolute atomic E-state index is 12.8. The molecule has 0 spiro atoms. The molecular weight excluding hydrogens is 346 g/mol. The Hall–Kier alpha value is -3.36. The number of hydrogen-bond donors (Lipinski definition) is 2. The summed E-state index contributed by atoms with van der Waals surface area (Å²) in [4.78, 5) is 19.1. The number of ether oxygens (including phenoxy) is 1. The van der Waals surface area contributed by atoms with Crippen LogP contribution < -0.4 is 15.0 Å². The van der Waals surface area contributed by atoms with Crippen LogP contribution in [0.3, 0.4) is 0 Å². The SMILES string of the molecule is COc1nc(N2CCC(Nc3cc(C)n(C)n3)C2=O)ccc1-c1cn[nH]c1. The molecule has 0 radical (unpaired) electrons. The van der Waals surface area contributed by atoms with E-state index in [1.165, 1.54) is 0 Å². The second-order valence-electron chi connectivity index (χ2n) is 6.48. The molecule has 9 heteroatoms. The van der Waals surface area contributed by atoms with Gasteiger partial charge in [-0.25, -0.2) is 0 Å². The minimum atomic E-state index is -0.319. The molecule has 1 unspecified atom stereocenters. The van der Waals surface area contributed by atoms with Crippen LogP contribution in [0.2, 0.25) is 0 Å². The number of aryl methyl sites for hydroxylation is 2. The van der Waals surface area contributed by atoms with Crippen LogP contribution in [0.15, 0.2) is 30.6 Å². The zero-order valence-electron chi connectivity index (χ0n) is 15.4. The molecular formula is C18H21N7O2. The lowest BCUT2D eigenvalue weighted by atomic mass is 10.1. The van der Waals surface area contributed by atoms with Crippen LogP contribution in [0, 0.1) is 6.92 Å². The maximum atomic E-state index is 12.8. The Kier molecular flexibility index (Phi) is 4.27. The van der Waals surface area contributed by atoms with Crippen LogP contribution in [-0.4, -0.2) is 50.6 Å². The number of aromatic nitrogens is 5. The molecule has 0 aromatic carbocycles. The number of hydrogen-bond acceptors (Lipinski definition) is 6. The Bertz CT molecular complexity index is 945. The molecule has 3 aromatic rings. The second kappa shape index (κ2) is 6.75. The molecule has 27 heavy (non-hydrogen) atoms. The molecule has 1 aliphatic rings. The van der Waals surface area contributed by atoms with Gasteiger partial charge in [0.15, 0.2) is 0 Å². The number of pyridine rings is 1. The third-order valence-corrected chi connectivity index (χ3v) is 4.77. The second-order valence-corrected chi connectivity index (χ2v) is 6.48. The number of H-pyrrole nitrogens is 1. The van der Waals surface area contributed by atoms with Gasteiger partial charge in [0.1, 0.15) is 17.7 Å². The smallest absolute Gasteiger partial charge is 0.250 e. The van der Waals surface area contributed by atoms with Crippen molar-refractivity contribution in [3.05, 3.63) is 36.3 Å². The van der Waals surface area contributed by atoms with E-state index in [4.69, 9.17) is 4.74 Å². The molecule has 1 atom stereocenters. The molecule has 140 valence electrons. The molecule has 1 fully saturated rings. The number of amides is 1. The van der Waals surface area contributed by atoms with Gasteiger partial charge in [0.25, 0.3) is 5.91 Å². The number of aromatic amines is 1. The van der Waals surface area contributed by atoms with Gasteiger partial charge in [-0.15, -0.1) is 0 Å². The van der Waals surface area contributed by atoms with Crippen LogP contribution in [-0.2, 0) is 11.8 Å². The van der Waals surface area contributed by atoms with Gasteiger partial charge < -0.3 is 10.1 Å². The molecule has 0 aliphatic carbocycles. The van der Waals surface area contributed by atoms with Crippen molar-refractivity contribution < 1.29 is 9.53 Å². The van der Waals surface area contributed by atoms with E-state index in [1.54, 1.807) is 29.1 Å². The molecule has 9 nitrogen and oxygen atoms in total. The molecule has 0 bridgehead atoms. The van der Waals surface area contributed by atoms with E-state index in [0.29, 0.717) is 30.5 Å². The highest BCUT2D eigenvalue weighted by Crippen LogP contribution is 2.31. The highest BCUT2D eigenvalue weighted by molar-refractivity contribution is 6.00. The zero-order valence-corrected chi connectivity index (χ0v) is 15.4. The molecule has 1 saturated heterocycles. The fraction of sp³-hybridized carbons (Fsp3) is 0.333. The molecule has 1 amide bonds. The average molecular weight is 367 g/mol. The van der Waals surface area contributed by atoms with Gasteiger partial charge in [0.2, 0.25) is 5.88 Å². The summed E-state index contributed by atoms with van der Waals surface area (Å²) in [7, 11) is 3.44. The normalized spacial score (nSPS) is 16.8. The van der Waals surface area contributed by atoms with E-state index in [-0.39, 0.29) is 11.9 Å². The first-order valence-electron chi connectivity index (χ1n) is 8.69. The summed E-state index contributed by atoms with van der Waals surface area (Å²) in [6.45, 7) is 2.56. The summed E-state index contributed by atoms with van der Waals surface area (Å²) in [5.41, 5.74) is 2.73. The van der Waals surface area contributed by atoms with E-state index < -0.39 is 0 Å². The van der Waals surface area contributed by atoms with Gasteiger partial charge in [-0.1, -0.05) is 0 Å². The number of carbonyl (C=O) groups is 1. The third kappa shape index (κ3) is 3.12. The number of nitrogens with one attached hydrogen (secondary N) is 2. The summed E-state index contributed by atoms with van der Waals surface area (Å²) in [6.07, 6.45) is 4.16. The van der Waals surface area contributed by atoms with E-state index in [0.717, 1.165) is 16.8 Å².